The molecule has 3 atom stereocenters. The third-order valence-corrected chi connectivity index (χ3v) is 4.91. The van der Waals surface area contributed by atoms with Crippen LogP contribution in [0.1, 0.15) is 36.0 Å². The predicted octanol–water partition coefficient (Wildman–Crippen LogP) is 3.68. The summed E-state index contributed by atoms with van der Waals surface area (Å²) in [4.78, 5) is 14.9. The van der Waals surface area contributed by atoms with Gasteiger partial charge in [0.1, 0.15) is 11.9 Å². The van der Waals surface area contributed by atoms with Crippen LogP contribution in [0.2, 0.25) is 0 Å². The maximum absolute atomic E-state index is 13.3. The molecule has 2 aromatic carbocycles. The standard InChI is InChI=1S/C23H26N2O3/c1-17(22(24)19-11-6-3-7-12-19)23(27)25(15-18-9-4-2-5-10-18)16-20(26)21-13-8-14-28-21/h2-14,17,20,22,26H,15-16,24H2,1H3. The molecule has 5 heteroatoms. The van der Waals surface area contributed by atoms with Crippen molar-refractivity contribution in [2.24, 2.45) is 11.7 Å². The van der Waals surface area contributed by atoms with Gasteiger partial charge >= 0.3 is 0 Å². The van der Waals surface area contributed by atoms with Gasteiger partial charge in [0.15, 0.2) is 0 Å². The largest absolute Gasteiger partial charge is 0.467 e. The third kappa shape index (κ3) is 4.88. The van der Waals surface area contributed by atoms with Crippen LogP contribution in [-0.2, 0) is 11.3 Å². The number of benzene rings is 2. The van der Waals surface area contributed by atoms with E-state index in [4.69, 9.17) is 10.2 Å². The number of amides is 1. The Morgan fingerprint density at radius 2 is 1.68 bits per heavy atom. The molecule has 0 aliphatic carbocycles. The van der Waals surface area contributed by atoms with Crippen LogP contribution in [-0.4, -0.2) is 22.5 Å². The summed E-state index contributed by atoms with van der Waals surface area (Å²) < 4.78 is 5.29. The van der Waals surface area contributed by atoms with E-state index >= 15 is 0 Å². The van der Waals surface area contributed by atoms with Gasteiger partial charge < -0.3 is 20.2 Å². The lowest BCUT2D eigenvalue weighted by Crippen LogP contribution is -2.41. The summed E-state index contributed by atoms with van der Waals surface area (Å²) in [5.41, 5.74) is 8.27. The second-order valence-electron chi connectivity index (χ2n) is 6.96. The van der Waals surface area contributed by atoms with Crippen molar-refractivity contribution >= 4 is 5.91 Å². The van der Waals surface area contributed by atoms with Crippen molar-refractivity contribution in [3.8, 4) is 0 Å². The molecule has 0 saturated carbocycles. The Labute approximate surface area is 165 Å². The molecule has 0 bridgehead atoms. The molecule has 0 saturated heterocycles. The summed E-state index contributed by atoms with van der Waals surface area (Å²) in [6.07, 6.45) is 0.610. The molecule has 3 N–H and O–H groups in total. The van der Waals surface area contributed by atoms with Crippen LogP contribution in [0.3, 0.4) is 0 Å². The van der Waals surface area contributed by atoms with Gasteiger partial charge in [0.05, 0.1) is 18.7 Å². The number of carbonyl (C=O) groups is 1. The molecule has 28 heavy (non-hydrogen) atoms. The van der Waals surface area contributed by atoms with E-state index in [0.29, 0.717) is 12.3 Å². The Bertz CT molecular complexity index is 850. The molecule has 3 unspecified atom stereocenters. The van der Waals surface area contributed by atoms with Gasteiger partial charge in [-0.05, 0) is 23.3 Å². The SMILES string of the molecule is CC(C(=O)N(Cc1ccccc1)CC(O)c1ccco1)C(N)c1ccccc1. The maximum atomic E-state index is 13.3. The van der Waals surface area contributed by atoms with Gasteiger partial charge in [-0.3, -0.25) is 4.79 Å². The van der Waals surface area contributed by atoms with Crippen molar-refractivity contribution < 1.29 is 14.3 Å². The predicted molar refractivity (Wildman–Crippen MR) is 108 cm³/mol. The van der Waals surface area contributed by atoms with Gasteiger partial charge in [0.25, 0.3) is 0 Å². The fourth-order valence-electron chi connectivity index (χ4n) is 3.22. The summed E-state index contributed by atoms with van der Waals surface area (Å²) in [7, 11) is 0. The molecular weight excluding hydrogens is 352 g/mol. The van der Waals surface area contributed by atoms with Crippen molar-refractivity contribution in [2.45, 2.75) is 25.6 Å². The molecule has 3 rings (SSSR count). The zero-order chi connectivity index (χ0) is 19.9. The highest BCUT2D eigenvalue weighted by Crippen LogP contribution is 2.24. The van der Waals surface area contributed by atoms with Gasteiger partial charge in [-0.15, -0.1) is 0 Å². The first-order chi connectivity index (χ1) is 13.6. The number of hydrogen-bond donors (Lipinski definition) is 2. The normalized spacial score (nSPS) is 14.2. The molecule has 1 heterocycles. The molecule has 5 nitrogen and oxygen atoms in total. The molecule has 1 amide bonds. The number of rotatable bonds is 8. The summed E-state index contributed by atoms with van der Waals surface area (Å²) >= 11 is 0. The monoisotopic (exact) mass is 378 g/mol. The van der Waals surface area contributed by atoms with Crippen LogP contribution in [0.15, 0.2) is 83.5 Å². The Balaban J connectivity index is 1.79. The minimum absolute atomic E-state index is 0.106. The molecule has 3 aromatic rings. The first-order valence-electron chi connectivity index (χ1n) is 9.41. The number of nitrogens with two attached hydrogens (primary N) is 1. The van der Waals surface area contributed by atoms with Crippen LogP contribution in [0.4, 0.5) is 0 Å². The average Bonchev–Trinajstić information content (AvgIpc) is 3.28. The van der Waals surface area contributed by atoms with Crippen molar-refractivity contribution in [3.05, 3.63) is 95.9 Å². The first kappa shape index (κ1) is 19.9. The fourth-order valence-corrected chi connectivity index (χ4v) is 3.22. The van der Waals surface area contributed by atoms with Gasteiger partial charge in [-0.2, -0.15) is 0 Å². The van der Waals surface area contributed by atoms with Gasteiger partial charge in [-0.25, -0.2) is 0 Å². The van der Waals surface area contributed by atoms with Crippen molar-refractivity contribution in [1.82, 2.24) is 4.90 Å². The molecular formula is C23H26N2O3. The number of carbonyl (C=O) groups excluding carboxylic acids is 1. The second kappa shape index (κ2) is 9.35. The fraction of sp³-hybridized carbons (Fsp3) is 0.261. The van der Waals surface area contributed by atoms with Gasteiger partial charge in [0, 0.05) is 12.6 Å². The first-order valence-corrected chi connectivity index (χ1v) is 9.41. The average molecular weight is 378 g/mol. The lowest BCUT2D eigenvalue weighted by molar-refractivity contribution is -0.138. The number of nitrogens with zero attached hydrogens (tertiary/aromatic N) is 1. The number of aliphatic hydroxyl groups is 1. The highest BCUT2D eigenvalue weighted by molar-refractivity contribution is 5.79. The van der Waals surface area contributed by atoms with Crippen LogP contribution in [0, 0.1) is 5.92 Å². The third-order valence-electron chi connectivity index (χ3n) is 4.91. The van der Waals surface area contributed by atoms with E-state index in [1.54, 1.807) is 17.0 Å². The van der Waals surface area contributed by atoms with E-state index in [9.17, 15) is 9.90 Å². The number of hydrogen-bond acceptors (Lipinski definition) is 4. The molecule has 0 radical (unpaired) electrons. The lowest BCUT2D eigenvalue weighted by Gasteiger charge is -2.30. The van der Waals surface area contributed by atoms with E-state index in [0.717, 1.165) is 11.1 Å². The Morgan fingerprint density at radius 3 is 2.29 bits per heavy atom. The lowest BCUT2D eigenvalue weighted by atomic mass is 9.94. The maximum Gasteiger partial charge on any atom is 0.227 e. The molecule has 0 aliphatic heterocycles. The van der Waals surface area contributed by atoms with E-state index in [2.05, 4.69) is 0 Å². The minimum atomic E-state index is -0.900. The van der Waals surface area contributed by atoms with E-state index < -0.39 is 18.1 Å². The summed E-state index contributed by atoms with van der Waals surface area (Å²) in [5, 5.41) is 10.5. The Morgan fingerprint density at radius 1 is 1.04 bits per heavy atom. The highest BCUT2D eigenvalue weighted by atomic mass is 16.4. The second-order valence-corrected chi connectivity index (χ2v) is 6.96. The molecule has 1 aromatic heterocycles. The Kier molecular flexibility index (Phi) is 6.63. The molecule has 0 fully saturated rings. The smallest absolute Gasteiger partial charge is 0.227 e. The zero-order valence-corrected chi connectivity index (χ0v) is 15.9. The van der Waals surface area contributed by atoms with Crippen molar-refractivity contribution in [3.63, 3.8) is 0 Å². The van der Waals surface area contributed by atoms with E-state index in [-0.39, 0.29) is 12.5 Å². The van der Waals surface area contributed by atoms with E-state index in [1.165, 1.54) is 6.26 Å². The summed E-state index contributed by atoms with van der Waals surface area (Å²) in [6.45, 7) is 2.35. The van der Waals surface area contributed by atoms with Crippen LogP contribution in [0.25, 0.3) is 0 Å². The summed E-state index contributed by atoms with van der Waals surface area (Å²) in [5.74, 6) is -0.105. The molecule has 0 spiro atoms. The van der Waals surface area contributed by atoms with Crippen LogP contribution in [0.5, 0.6) is 0 Å². The van der Waals surface area contributed by atoms with E-state index in [1.807, 2.05) is 67.6 Å². The number of furan rings is 1. The quantitative estimate of drug-likeness (QED) is 0.627. The molecule has 0 aliphatic rings. The topological polar surface area (TPSA) is 79.7 Å². The summed E-state index contributed by atoms with van der Waals surface area (Å²) in [6, 6.07) is 22.3. The van der Waals surface area contributed by atoms with Gasteiger partial charge in [0.2, 0.25) is 5.91 Å². The van der Waals surface area contributed by atoms with Crippen LogP contribution < -0.4 is 5.73 Å². The van der Waals surface area contributed by atoms with Crippen molar-refractivity contribution in [2.75, 3.05) is 6.54 Å². The van der Waals surface area contributed by atoms with Crippen molar-refractivity contribution in [1.29, 1.82) is 0 Å². The van der Waals surface area contributed by atoms with Crippen LogP contribution >= 0.6 is 0 Å². The zero-order valence-electron chi connectivity index (χ0n) is 15.9. The number of aliphatic hydroxyl groups excluding tert-OH is 1. The highest BCUT2D eigenvalue weighted by Gasteiger charge is 2.29. The minimum Gasteiger partial charge on any atom is -0.467 e. The van der Waals surface area contributed by atoms with Gasteiger partial charge in [-0.1, -0.05) is 67.6 Å². The molecule has 146 valence electrons. The Hall–Kier alpha value is -2.89.